The monoisotopic (exact) mass is 276 g/mol. The summed E-state index contributed by atoms with van der Waals surface area (Å²) >= 11 is 5.96. The summed E-state index contributed by atoms with van der Waals surface area (Å²) in [4.78, 5) is 6.87. The van der Waals surface area contributed by atoms with Crippen LogP contribution in [0.3, 0.4) is 0 Å². The number of ether oxygens (including phenoxy) is 1. The Bertz CT molecular complexity index is 581. The van der Waals surface area contributed by atoms with Gasteiger partial charge in [0.15, 0.2) is 0 Å². The van der Waals surface area contributed by atoms with Gasteiger partial charge in [0, 0.05) is 24.7 Å². The second kappa shape index (κ2) is 5.35. The Labute approximate surface area is 118 Å². The molecule has 0 saturated carbocycles. The highest BCUT2D eigenvalue weighted by Crippen LogP contribution is 2.29. The Kier molecular flexibility index (Phi) is 3.58. The molecule has 1 saturated heterocycles. The molecule has 100 valence electrons. The van der Waals surface area contributed by atoms with Gasteiger partial charge in [-0.1, -0.05) is 18.2 Å². The lowest BCUT2D eigenvalue weighted by Crippen LogP contribution is -2.32. The largest absolute Gasteiger partial charge is 0.379 e. The Hall–Kier alpha value is -1.32. The third-order valence-corrected chi connectivity index (χ3v) is 3.99. The van der Waals surface area contributed by atoms with E-state index in [1.807, 2.05) is 18.2 Å². The van der Waals surface area contributed by atoms with E-state index >= 15 is 0 Å². The first kappa shape index (κ1) is 12.7. The molecule has 2 aromatic rings. The Morgan fingerprint density at radius 2 is 2.26 bits per heavy atom. The van der Waals surface area contributed by atoms with Crippen LogP contribution in [-0.4, -0.2) is 31.3 Å². The van der Waals surface area contributed by atoms with E-state index in [1.54, 1.807) is 0 Å². The summed E-state index contributed by atoms with van der Waals surface area (Å²) in [5.74, 6) is 0.437. The van der Waals surface area contributed by atoms with Crippen molar-refractivity contribution in [1.82, 2.24) is 4.98 Å². The zero-order valence-corrected chi connectivity index (χ0v) is 11.7. The molecule has 19 heavy (non-hydrogen) atoms. The van der Waals surface area contributed by atoms with Crippen molar-refractivity contribution in [1.29, 1.82) is 0 Å². The molecule has 3 rings (SSSR count). The molecular weight excluding hydrogens is 260 g/mol. The first-order chi connectivity index (χ1) is 9.29. The summed E-state index contributed by atoms with van der Waals surface area (Å²) in [6, 6.07) is 10.7. The van der Waals surface area contributed by atoms with Crippen molar-refractivity contribution < 1.29 is 4.74 Å². The minimum absolute atomic E-state index is 0.437. The minimum Gasteiger partial charge on any atom is -0.379 e. The summed E-state index contributed by atoms with van der Waals surface area (Å²) in [5.41, 5.74) is 3.11. The fraction of sp³-hybridized carbons (Fsp3) is 0.400. The van der Waals surface area contributed by atoms with Gasteiger partial charge < -0.3 is 9.64 Å². The number of aromatic nitrogens is 1. The van der Waals surface area contributed by atoms with Gasteiger partial charge in [0.2, 0.25) is 0 Å². The number of likely N-dealkylation sites (N-methyl/N-ethyl adjacent to an activating group) is 1. The molecule has 0 bridgehead atoms. The minimum atomic E-state index is 0.437. The fourth-order valence-corrected chi connectivity index (χ4v) is 2.73. The Balaban J connectivity index is 2.09. The van der Waals surface area contributed by atoms with E-state index in [0.29, 0.717) is 11.9 Å². The van der Waals surface area contributed by atoms with Crippen molar-refractivity contribution in [3.05, 3.63) is 36.0 Å². The number of benzene rings is 1. The molecule has 1 atom stereocenters. The molecule has 0 spiro atoms. The first-order valence-electron chi connectivity index (χ1n) is 6.55. The Morgan fingerprint density at radius 3 is 3.00 bits per heavy atom. The average molecular weight is 277 g/mol. The quantitative estimate of drug-likeness (QED) is 0.805. The predicted octanol–water partition coefficient (Wildman–Crippen LogP) is 3.20. The average Bonchev–Trinajstić information content (AvgIpc) is 2.99. The molecule has 3 nitrogen and oxygen atoms in total. The van der Waals surface area contributed by atoms with E-state index in [4.69, 9.17) is 16.3 Å². The number of rotatable bonds is 3. The number of halogens is 1. The normalized spacial score (nSPS) is 18.9. The molecule has 1 aromatic heterocycles. The maximum absolute atomic E-state index is 5.96. The molecule has 1 unspecified atom stereocenters. The van der Waals surface area contributed by atoms with Crippen molar-refractivity contribution in [3.8, 4) is 0 Å². The molecule has 1 aliphatic heterocycles. The van der Waals surface area contributed by atoms with Crippen LogP contribution in [0.5, 0.6) is 0 Å². The second-order valence-corrected chi connectivity index (χ2v) is 5.18. The maximum Gasteiger partial charge on any atom is 0.0726 e. The molecule has 1 fully saturated rings. The molecule has 0 aliphatic carbocycles. The van der Waals surface area contributed by atoms with Crippen molar-refractivity contribution in [2.75, 3.05) is 25.2 Å². The van der Waals surface area contributed by atoms with Crippen LogP contribution in [0.4, 0.5) is 5.69 Å². The van der Waals surface area contributed by atoms with Crippen molar-refractivity contribution >= 4 is 28.2 Å². The van der Waals surface area contributed by atoms with Gasteiger partial charge >= 0.3 is 0 Å². The summed E-state index contributed by atoms with van der Waals surface area (Å²) < 4.78 is 5.48. The standard InChI is InChI=1S/C15H17ClN2O/c1-18(12-6-7-19-10-12)15-8-11(9-16)17-14-5-3-2-4-13(14)15/h2-5,8,12H,6-7,9-10H2,1H3. The lowest BCUT2D eigenvalue weighted by Gasteiger charge is -2.27. The SMILES string of the molecule is CN(c1cc(CCl)nc2ccccc12)C1CCOC1. The van der Waals surface area contributed by atoms with Crippen LogP contribution in [0.15, 0.2) is 30.3 Å². The van der Waals surface area contributed by atoms with E-state index < -0.39 is 0 Å². The number of anilines is 1. The number of hydrogen-bond acceptors (Lipinski definition) is 3. The number of hydrogen-bond donors (Lipinski definition) is 0. The topological polar surface area (TPSA) is 25.4 Å². The van der Waals surface area contributed by atoms with Gasteiger partial charge in [-0.05, 0) is 18.6 Å². The third kappa shape index (κ3) is 2.40. The van der Waals surface area contributed by atoms with Crippen molar-refractivity contribution in [2.45, 2.75) is 18.3 Å². The predicted molar refractivity (Wildman–Crippen MR) is 78.9 cm³/mol. The zero-order valence-electron chi connectivity index (χ0n) is 11.0. The van der Waals surface area contributed by atoms with Gasteiger partial charge in [0.05, 0.1) is 29.7 Å². The van der Waals surface area contributed by atoms with Gasteiger partial charge in [-0.25, -0.2) is 0 Å². The highest BCUT2D eigenvalue weighted by molar-refractivity contribution is 6.17. The van der Waals surface area contributed by atoms with E-state index in [2.05, 4.69) is 29.1 Å². The van der Waals surface area contributed by atoms with E-state index in [0.717, 1.165) is 30.8 Å². The van der Waals surface area contributed by atoms with Crippen molar-refractivity contribution in [2.24, 2.45) is 0 Å². The maximum atomic E-state index is 5.96. The number of nitrogens with zero attached hydrogens (tertiary/aromatic N) is 2. The summed E-state index contributed by atoms with van der Waals surface area (Å²) in [6.07, 6.45) is 1.07. The summed E-state index contributed by atoms with van der Waals surface area (Å²) in [5, 5.41) is 1.17. The molecular formula is C15H17ClN2O. The molecule has 0 radical (unpaired) electrons. The van der Waals surface area contributed by atoms with Crippen LogP contribution in [0.25, 0.3) is 10.9 Å². The summed E-state index contributed by atoms with van der Waals surface area (Å²) in [6.45, 7) is 1.64. The smallest absolute Gasteiger partial charge is 0.0726 e. The van der Waals surface area contributed by atoms with E-state index in [9.17, 15) is 0 Å². The molecule has 2 heterocycles. The van der Waals surface area contributed by atoms with E-state index in [-0.39, 0.29) is 0 Å². The third-order valence-electron chi connectivity index (χ3n) is 3.72. The summed E-state index contributed by atoms with van der Waals surface area (Å²) in [7, 11) is 2.12. The van der Waals surface area contributed by atoms with Gasteiger partial charge in [-0.15, -0.1) is 11.6 Å². The fourth-order valence-electron chi connectivity index (χ4n) is 2.59. The van der Waals surface area contributed by atoms with Crippen molar-refractivity contribution in [3.63, 3.8) is 0 Å². The number of pyridine rings is 1. The van der Waals surface area contributed by atoms with Crippen LogP contribution < -0.4 is 4.90 Å². The molecule has 0 N–H and O–H groups in total. The van der Waals surface area contributed by atoms with E-state index in [1.165, 1.54) is 11.1 Å². The van der Waals surface area contributed by atoms with Crippen LogP contribution in [-0.2, 0) is 10.6 Å². The zero-order chi connectivity index (χ0) is 13.2. The van der Waals surface area contributed by atoms with Crippen LogP contribution >= 0.6 is 11.6 Å². The lowest BCUT2D eigenvalue weighted by molar-refractivity contribution is 0.193. The van der Waals surface area contributed by atoms with Crippen LogP contribution in [0, 0.1) is 0 Å². The number of para-hydroxylation sites is 1. The highest BCUT2D eigenvalue weighted by atomic mass is 35.5. The van der Waals surface area contributed by atoms with Crippen LogP contribution in [0.1, 0.15) is 12.1 Å². The first-order valence-corrected chi connectivity index (χ1v) is 7.08. The van der Waals surface area contributed by atoms with Gasteiger partial charge in [-0.2, -0.15) is 0 Å². The molecule has 1 aliphatic rings. The Morgan fingerprint density at radius 1 is 1.42 bits per heavy atom. The highest BCUT2D eigenvalue weighted by Gasteiger charge is 2.22. The molecule has 0 amide bonds. The van der Waals surface area contributed by atoms with Gasteiger partial charge in [0.1, 0.15) is 0 Å². The van der Waals surface area contributed by atoms with Gasteiger partial charge in [-0.3, -0.25) is 4.98 Å². The van der Waals surface area contributed by atoms with Gasteiger partial charge in [0.25, 0.3) is 0 Å². The van der Waals surface area contributed by atoms with Crippen LogP contribution in [0.2, 0.25) is 0 Å². The second-order valence-electron chi connectivity index (χ2n) is 4.91. The number of fused-ring (bicyclic) bond motifs is 1. The molecule has 1 aromatic carbocycles. The lowest BCUT2D eigenvalue weighted by atomic mass is 10.1. The molecule has 4 heteroatoms. The number of alkyl halides is 1.